The van der Waals surface area contributed by atoms with Crippen LogP contribution >= 0.6 is 15.6 Å². The summed E-state index contributed by atoms with van der Waals surface area (Å²) < 4.78 is 67.9. The van der Waals surface area contributed by atoms with Crippen LogP contribution in [-0.2, 0) is 65.4 Å². The summed E-state index contributed by atoms with van der Waals surface area (Å²) in [4.78, 5) is 72.1. The summed E-state index contributed by atoms with van der Waals surface area (Å²) >= 11 is 0. The van der Waals surface area contributed by atoms with Crippen molar-refractivity contribution in [3.63, 3.8) is 0 Å². The molecule has 0 spiro atoms. The van der Waals surface area contributed by atoms with Crippen molar-refractivity contribution < 1.29 is 80.2 Å². The lowest BCUT2D eigenvalue weighted by atomic mass is 10.00. The number of carbonyl (C=O) groups is 4. The lowest BCUT2D eigenvalue weighted by Crippen LogP contribution is -2.30. The number of aliphatic hydroxyl groups excluding tert-OH is 1. The van der Waals surface area contributed by atoms with Crippen LogP contribution < -0.4 is 0 Å². The first-order valence-corrected chi connectivity index (χ1v) is 35.3. The third kappa shape index (κ3) is 54.5. The average molecular weight is 1200 g/mol. The highest BCUT2D eigenvalue weighted by Gasteiger charge is 2.30. The molecule has 17 nitrogen and oxygen atoms in total. The van der Waals surface area contributed by atoms with E-state index in [1.807, 2.05) is 0 Å². The molecule has 5 unspecified atom stereocenters. The highest BCUT2D eigenvalue weighted by atomic mass is 31.2. The lowest BCUT2D eigenvalue weighted by molar-refractivity contribution is -0.161. The Balaban J connectivity index is 5.26. The number of rotatable bonds is 59. The van der Waals surface area contributed by atoms with Gasteiger partial charge in [0.25, 0.3) is 0 Å². The van der Waals surface area contributed by atoms with Crippen molar-refractivity contribution in [3.05, 3.63) is 0 Å². The summed E-state index contributed by atoms with van der Waals surface area (Å²) in [7, 11) is -9.89. The fourth-order valence-electron chi connectivity index (χ4n) is 9.01. The monoisotopic (exact) mass is 1200 g/mol. The van der Waals surface area contributed by atoms with Crippen molar-refractivity contribution in [1.29, 1.82) is 0 Å². The topological polar surface area (TPSA) is 237 Å². The number of ether oxygens (including phenoxy) is 4. The number of esters is 4. The van der Waals surface area contributed by atoms with Gasteiger partial charge in [0, 0.05) is 25.7 Å². The molecule has 0 aromatic rings. The van der Waals surface area contributed by atoms with Crippen molar-refractivity contribution in [2.75, 3.05) is 39.6 Å². The molecule has 0 aliphatic carbocycles. The molecule has 0 aliphatic rings. The number of hydrogen-bond donors (Lipinski definition) is 3. The molecule has 81 heavy (non-hydrogen) atoms. The molecule has 0 heterocycles. The van der Waals surface area contributed by atoms with Crippen LogP contribution in [0.5, 0.6) is 0 Å². The maximum Gasteiger partial charge on any atom is 0.472 e. The van der Waals surface area contributed by atoms with E-state index in [1.165, 1.54) is 89.9 Å². The van der Waals surface area contributed by atoms with E-state index in [1.54, 1.807) is 0 Å². The number of phosphoric ester groups is 2. The molecule has 7 atom stereocenters. The van der Waals surface area contributed by atoms with E-state index in [0.717, 1.165) is 114 Å². The molecular weight excluding hydrogens is 1080 g/mol. The molecule has 0 saturated carbocycles. The van der Waals surface area contributed by atoms with Crippen LogP contribution in [0, 0.1) is 23.7 Å². The smallest absolute Gasteiger partial charge is 0.462 e. The van der Waals surface area contributed by atoms with Gasteiger partial charge in [0.2, 0.25) is 0 Å². The molecule has 0 aromatic carbocycles. The number of phosphoric acid groups is 2. The Labute approximate surface area is 492 Å². The molecule has 0 amide bonds. The van der Waals surface area contributed by atoms with E-state index < -0.39 is 97.5 Å². The Kier molecular flexibility index (Phi) is 51.1. The molecule has 3 N–H and O–H groups in total. The summed E-state index contributed by atoms with van der Waals surface area (Å²) in [6.45, 7) is 13.9. The van der Waals surface area contributed by atoms with Crippen molar-refractivity contribution >= 4 is 39.5 Å². The predicted octanol–water partition coefficient (Wildman–Crippen LogP) is 16.6. The molecule has 0 fully saturated rings. The fourth-order valence-corrected chi connectivity index (χ4v) is 10.6. The summed E-state index contributed by atoms with van der Waals surface area (Å²) in [5.74, 6) is 0.726. The Morgan fingerprint density at radius 1 is 0.346 bits per heavy atom. The second-order valence-corrected chi connectivity index (χ2v) is 26.8. The minimum Gasteiger partial charge on any atom is -0.462 e. The molecule has 480 valence electrons. The highest BCUT2D eigenvalue weighted by Crippen LogP contribution is 2.45. The van der Waals surface area contributed by atoms with E-state index in [0.29, 0.717) is 31.6 Å². The average Bonchev–Trinajstić information content (AvgIpc) is 3.42. The minimum absolute atomic E-state index is 0.101. The van der Waals surface area contributed by atoms with Crippen molar-refractivity contribution in [3.8, 4) is 0 Å². The van der Waals surface area contributed by atoms with E-state index in [4.69, 9.17) is 37.0 Å². The quantitative estimate of drug-likeness (QED) is 0.0222. The summed E-state index contributed by atoms with van der Waals surface area (Å²) in [5.41, 5.74) is 0. The van der Waals surface area contributed by atoms with Gasteiger partial charge in [-0.1, -0.05) is 242 Å². The predicted molar refractivity (Wildman–Crippen MR) is 321 cm³/mol. The second-order valence-electron chi connectivity index (χ2n) is 23.9. The normalized spacial score (nSPS) is 15.2. The van der Waals surface area contributed by atoms with Crippen LogP contribution in [0.25, 0.3) is 0 Å². The maximum atomic E-state index is 12.9. The standard InChI is InChI=1S/C62H120O17P2/c1-9-54(7)40-32-24-18-20-27-35-43-60(65)73-49-57(78-61(66)44-36-28-17-13-15-23-31-39-53(5)6)50-76-80(68,69)74-46-56(63)47-75-81(70,71)77-51-58(79-62(67)45-37-29-21-19-25-33-41-55(8)10-2)48-72-59(64)42-34-26-16-12-11-14-22-30-38-52(3)4/h52-58,63H,9-51H2,1-8H3,(H,68,69)(H,70,71)/t54?,55?,56?,57-,58-/m1/s1. The third-order valence-electron chi connectivity index (χ3n) is 14.8. The van der Waals surface area contributed by atoms with Crippen molar-refractivity contribution in [1.82, 2.24) is 0 Å². The number of carbonyl (C=O) groups excluding carboxylic acids is 4. The van der Waals surface area contributed by atoms with Gasteiger partial charge < -0.3 is 33.8 Å². The Morgan fingerprint density at radius 3 is 0.877 bits per heavy atom. The van der Waals surface area contributed by atoms with Crippen LogP contribution in [-0.4, -0.2) is 96.7 Å². The van der Waals surface area contributed by atoms with Gasteiger partial charge in [-0.25, -0.2) is 9.13 Å². The van der Waals surface area contributed by atoms with Gasteiger partial charge in [-0.15, -0.1) is 0 Å². The van der Waals surface area contributed by atoms with Gasteiger partial charge in [-0.3, -0.25) is 37.3 Å². The largest absolute Gasteiger partial charge is 0.472 e. The van der Waals surface area contributed by atoms with Gasteiger partial charge in [-0.05, 0) is 49.4 Å². The highest BCUT2D eigenvalue weighted by molar-refractivity contribution is 7.47. The van der Waals surface area contributed by atoms with Gasteiger partial charge >= 0.3 is 39.5 Å². The summed E-state index contributed by atoms with van der Waals surface area (Å²) in [5, 5.41) is 10.5. The molecule has 0 aromatic heterocycles. The Hall–Kier alpha value is -1.94. The number of hydrogen-bond acceptors (Lipinski definition) is 15. The minimum atomic E-state index is -4.94. The van der Waals surface area contributed by atoms with E-state index in [-0.39, 0.29) is 25.7 Å². The van der Waals surface area contributed by atoms with Crippen LogP contribution in [0.3, 0.4) is 0 Å². The fraction of sp³-hybridized carbons (Fsp3) is 0.935. The van der Waals surface area contributed by atoms with Gasteiger partial charge in [0.1, 0.15) is 19.3 Å². The van der Waals surface area contributed by atoms with Crippen LogP contribution in [0.2, 0.25) is 0 Å². The summed E-state index contributed by atoms with van der Waals surface area (Å²) in [6.07, 6.45) is 30.9. The van der Waals surface area contributed by atoms with E-state index in [2.05, 4.69) is 55.4 Å². The molecule has 0 bridgehead atoms. The van der Waals surface area contributed by atoms with Gasteiger partial charge in [0.15, 0.2) is 12.2 Å². The molecular formula is C62H120O17P2. The molecule has 0 saturated heterocycles. The SMILES string of the molecule is CCC(C)CCCCCCCCC(=O)OC[C@H](COP(=O)(O)OCC(O)COP(=O)(O)OC[C@@H](COC(=O)CCCCCCCCCCC(C)C)OC(=O)CCCCCCCCC(C)CC)OC(=O)CCCCCCCCCC(C)C. The molecule has 0 aliphatic heterocycles. The van der Waals surface area contributed by atoms with Gasteiger partial charge in [0.05, 0.1) is 26.4 Å². The van der Waals surface area contributed by atoms with E-state index >= 15 is 0 Å². The number of aliphatic hydroxyl groups is 1. The van der Waals surface area contributed by atoms with Crippen LogP contribution in [0.1, 0.15) is 293 Å². The molecule has 0 rings (SSSR count). The first-order valence-electron chi connectivity index (χ1n) is 32.3. The molecule has 0 radical (unpaired) electrons. The van der Waals surface area contributed by atoms with Crippen molar-refractivity contribution in [2.45, 2.75) is 311 Å². The zero-order chi connectivity index (χ0) is 60.4. The van der Waals surface area contributed by atoms with Crippen molar-refractivity contribution in [2.24, 2.45) is 23.7 Å². The zero-order valence-corrected chi connectivity index (χ0v) is 54.2. The first-order chi connectivity index (χ1) is 38.7. The maximum absolute atomic E-state index is 12.9. The first kappa shape index (κ1) is 79.1. The lowest BCUT2D eigenvalue weighted by Gasteiger charge is -2.21. The van der Waals surface area contributed by atoms with Crippen LogP contribution in [0.4, 0.5) is 0 Å². The van der Waals surface area contributed by atoms with E-state index in [9.17, 15) is 43.2 Å². The van der Waals surface area contributed by atoms with Gasteiger partial charge in [-0.2, -0.15) is 0 Å². The zero-order valence-electron chi connectivity index (χ0n) is 52.4. The Bertz CT molecular complexity index is 1630. The molecule has 19 heteroatoms. The third-order valence-corrected chi connectivity index (χ3v) is 16.7. The Morgan fingerprint density at radius 2 is 0.593 bits per heavy atom. The number of unbranched alkanes of at least 4 members (excludes halogenated alkanes) is 23. The van der Waals surface area contributed by atoms with Crippen LogP contribution in [0.15, 0.2) is 0 Å². The second kappa shape index (κ2) is 52.4. The summed E-state index contributed by atoms with van der Waals surface area (Å²) in [6, 6.07) is 0.